The minimum absolute atomic E-state index is 0.679. The van der Waals surface area contributed by atoms with Gasteiger partial charge in [0.25, 0.3) is 0 Å². The molecule has 0 atom stereocenters. The van der Waals surface area contributed by atoms with Crippen LogP contribution in [0.3, 0.4) is 0 Å². The van der Waals surface area contributed by atoms with Gasteiger partial charge in [-0.1, -0.05) is 28.1 Å². The van der Waals surface area contributed by atoms with E-state index in [1.54, 1.807) is 0 Å². The number of fused-ring (bicyclic) bond motifs is 1. The Morgan fingerprint density at radius 1 is 1.21 bits per heavy atom. The minimum atomic E-state index is 0.679. The normalized spacial score (nSPS) is 17.1. The number of benzene rings is 1. The summed E-state index contributed by atoms with van der Waals surface area (Å²) in [7, 11) is 0. The number of hydrogen-bond acceptors (Lipinski definition) is 3. The molecule has 0 aliphatic carbocycles. The summed E-state index contributed by atoms with van der Waals surface area (Å²) < 4.78 is 1.13. The standard InChI is InChI=1S/C15H18BrN3/c16-14-3-1-2-13-12(14)4-7-18-15(13)19-8-5-11(10-17)6-9-19/h1-4,7,11H,5-6,8-10,17H2. The Kier molecular flexibility index (Phi) is 3.71. The van der Waals surface area contributed by atoms with E-state index in [1.807, 2.05) is 6.20 Å². The predicted molar refractivity (Wildman–Crippen MR) is 83.4 cm³/mol. The van der Waals surface area contributed by atoms with Crippen molar-refractivity contribution < 1.29 is 0 Å². The molecule has 0 unspecified atom stereocenters. The summed E-state index contributed by atoms with van der Waals surface area (Å²) in [6.45, 7) is 2.92. The third-order valence-electron chi connectivity index (χ3n) is 3.98. The minimum Gasteiger partial charge on any atom is -0.356 e. The largest absolute Gasteiger partial charge is 0.356 e. The number of aromatic nitrogens is 1. The number of nitrogens with two attached hydrogens (primary N) is 1. The third kappa shape index (κ3) is 2.47. The lowest BCUT2D eigenvalue weighted by molar-refractivity contribution is 0.413. The van der Waals surface area contributed by atoms with E-state index >= 15 is 0 Å². The van der Waals surface area contributed by atoms with Gasteiger partial charge in [0.05, 0.1) is 0 Å². The lowest BCUT2D eigenvalue weighted by atomic mass is 9.97. The van der Waals surface area contributed by atoms with Crippen LogP contribution in [0.2, 0.25) is 0 Å². The highest BCUT2D eigenvalue weighted by atomic mass is 79.9. The fourth-order valence-corrected chi connectivity index (χ4v) is 3.28. The van der Waals surface area contributed by atoms with Crippen LogP contribution in [0, 0.1) is 5.92 Å². The summed E-state index contributed by atoms with van der Waals surface area (Å²) in [4.78, 5) is 6.99. The molecule has 4 heteroatoms. The van der Waals surface area contributed by atoms with Crippen molar-refractivity contribution in [2.24, 2.45) is 11.7 Å². The van der Waals surface area contributed by atoms with Crippen molar-refractivity contribution in [2.75, 3.05) is 24.5 Å². The van der Waals surface area contributed by atoms with Gasteiger partial charge in [0.2, 0.25) is 0 Å². The molecule has 1 saturated heterocycles. The van der Waals surface area contributed by atoms with Crippen LogP contribution in [0.25, 0.3) is 10.8 Å². The van der Waals surface area contributed by atoms with Gasteiger partial charge in [-0.3, -0.25) is 0 Å². The Bertz CT molecular complexity index is 577. The second-order valence-electron chi connectivity index (χ2n) is 5.14. The predicted octanol–water partition coefficient (Wildman–Crippen LogP) is 3.17. The van der Waals surface area contributed by atoms with Gasteiger partial charge in [-0.2, -0.15) is 0 Å². The zero-order valence-corrected chi connectivity index (χ0v) is 12.4. The molecule has 3 rings (SSSR count). The van der Waals surface area contributed by atoms with Crippen LogP contribution in [-0.2, 0) is 0 Å². The molecule has 0 saturated carbocycles. The molecule has 3 nitrogen and oxygen atoms in total. The number of nitrogens with zero attached hydrogens (tertiary/aromatic N) is 2. The van der Waals surface area contributed by atoms with Crippen molar-refractivity contribution in [3.63, 3.8) is 0 Å². The van der Waals surface area contributed by atoms with Crippen LogP contribution in [0.15, 0.2) is 34.9 Å². The first-order valence-corrected chi connectivity index (χ1v) is 7.57. The van der Waals surface area contributed by atoms with Crippen LogP contribution in [0.1, 0.15) is 12.8 Å². The van der Waals surface area contributed by atoms with Crippen molar-refractivity contribution >= 4 is 32.5 Å². The molecule has 0 bridgehead atoms. The van der Waals surface area contributed by atoms with Gasteiger partial charge in [0, 0.05) is 34.5 Å². The summed E-state index contributed by atoms with van der Waals surface area (Å²) in [5.74, 6) is 1.78. The van der Waals surface area contributed by atoms with Crippen LogP contribution in [0.4, 0.5) is 5.82 Å². The average molecular weight is 320 g/mol. The van der Waals surface area contributed by atoms with Gasteiger partial charge in [-0.15, -0.1) is 0 Å². The fourth-order valence-electron chi connectivity index (χ4n) is 2.79. The van der Waals surface area contributed by atoms with Crippen LogP contribution in [-0.4, -0.2) is 24.6 Å². The topological polar surface area (TPSA) is 42.1 Å². The Labute approximate surface area is 121 Å². The Morgan fingerprint density at radius 2 is 2.00 bits per heavy atom. The zero-order chi connectivity index (χ0) is 13.2. The maximum atomic E-state index is 5.76. The molecule has 1 fully saturated rings. The quantitative estimate of drug-likeness (QED) is 0.924. The molecule has 2 heterocycles. The molecule has 1 aliphatic heterocycles. The summed E-state index contributed by atoms with van der Waals surface area (Å²) in [5, 5.41) is 2.46. The molecular weight excluding hydrogens is 302 g/mol. The average Bonchev–Trinajstić information content (AvgIpc) is 2.47. The number of pyridine rings is 1. The second kappa shape index (κ2) is 5.47. The van der Waals surface area contributed by atoms with Gasteiger partial charge in [0.15, 0.2) is 0 Å². The van der Waals surface area contributed by atoms with Gasteiger partial charge in [0.1, 0.15) is 5.82 Å². The summed E-state index contributed by atoms with van der Waals surface area (Å²) in [6.07, 6.45) is 4.24. The second-order valence-corrected chi connectivity index (χ2v) is 5.99. The molecule has 1 aromatic carbocycles. The number of halogens is 1. The molecule has 19 heavy (non-hydrogen) atoms. The van der Waals surface area contributed by atoms with Crippen LogP contribution in [0.5, 0.6) is 0 Å². The highest BCUT2D eigenvalue weighted by Crippen LogP contribution is 2.31. The van der Waals surface area contributed by atoms with Gasteiger partial charge < -0.3 is 10.6 Å². The van der Waals surface area contributed by atoms with Gasteiger partial charge in [-0.25, -0.2) is 4.98 Å². The molecule has 0 amide bonds. The van der Waals surface area contributed by atoms with E-state index in [0.717, 1.165) is 29.9 Å². The lowest BCUT2D eigenvalue weighted by Crippen LogP contribution is -2.36. The van der Waals surface area contributed by atoms with E-state index in [-0.39, 0.29) is 0 Å². The molecule has 100 valence electrons. The van der Waals surface area contributed by atoms with E-state index in [9.17, 15) is 0 Å². The molecular formula is C15H18BrN3. The summed E-state index contributed by atoms with van der Waals surface area (Å²) >= 11 is 3.61. The molecule has 1 aliphatic rings. The fraction of sp³-hybridized carbons (Fsp3) is 0.400. The SMILES string of the molecule is NCC1CCN(c2nccc3c(Br)cccc23)CC1. The zero-order valence-electron chi connectivity index (χ0n) is 10.8. The maximum Gasteiger partial charge on any atom is 0.136 e. The van der Waals surface area contributed by atoms with E-state index in [2.05, 4.69) is 50.1 Å². The molecule has 2 N–H and O–H groups in total. The molecule has 2 aromatic rings. The highest BCUT2D eigenvalue weighted by molar-refractivity contribution is 9.10. The van der Waals surface area contributed by atoms with E-state index in [1.165, 1.54) is 23.6 Å². The number of anilines is 1. The van der Waals surface area contributed by atoms with Crippen molar-refractivity contribution in [1.29, 1.82) is 0 Å². The third-order valence-corrected chi connectivity index (χ3v) is 4.67. The summed E-state index contributed by atoms with van der Waals surface area (Å²) in [5.41, 5.74) is 5.76. The smallest absolute Gasteiger partial charge is 0.136 e. The molecule has 0 radical (unpaired) electrons. The maximum absolute atomic E-state index is 5.76. The first-order chi connectivity index (χ1) is 9.29. The van der Waals surface area contributed by atoms with Crippen molar-refractivity contribution in [3.8, 4) is 0 Å². The number of hydrogen-bond donors (Lipinski definition) is 1. The molecule has 0 spiro atoms. The van der Waals surface area contributed by atoms with E-state index < -0.39 is 0 Å². The Morgan fingerprint density at radius 3 is 2.74 bits per heavy atom. The summed E-state index contributed by atoms with van der Waals surface area (Å²) in [6, 6.07) is 8.37. The first kappa shape index (κ1) is 12.9. The van der Waals surface area contributed by atoms with Gasteiger partial charge >= 0.3 is 0 Å². The van der Waals surface area contributed by atoms with Gasteiger partial charge in [-0.05, 0) is 37.4 Å². The monoisotopic (exact) mass is 319 g/mol. The Hall–Kier alpha value is -1.13. The van der Waals surface area contributed by atoms with E-state index in [4.69, 9.17) is 5.73 Å². The van der Waals surface area contributed by atoms with Crippen molar-refractivity contribution in [1.82, 2.24) is 4.98 Å². The number of piperidine rings is 1. The molecule has 1 aromatic heterocycles. The number of rotatable bonds is 2. The van der Waals surface area contributed by atoms with Crippen molar-refractivity contribution in [2.45, 2.75) is 12.8 Å². The highest BCUT2D eigenvalue weighted by Gasteiger charge is 2.20. The lowest BCUT2D eigenvalue weighted by Gasteiger charge is -2.32. The van der Waals surface area contributed by atoms with Crippen LogP contribution < -0.4 is 10.6 Å². The van der Waals surface area contributed by atoms with Crippen molar-refractivity contribution in [3.05, 3.63) is 34.9 Å². The first-order valence-electron chi connectivity index (χ1n) is 6.78. The van der Waals surface area contributed by atoms with E-state index in [0.29, 0.717) is 5.92 Å². The Balaban J connectivity index is 1.95. The van der Waals surface area contributed by atoms with Crippen LogP contribution >= 0.6 is 15.9 Å².